The first-order valence-electron chi connectivity index (χ1n) is 10.6. The Morgan fingerprint density at radius 1 is 1.09 bits per heavy atom. The van der Waals surface area contributed by atoms with E-state index in [4.69, 9.17) is 10.2 Å². The number of benzene rings is 2. The van der Waals surface area contributed by atoms with Gasteiger partial charge in [-0.3, -0.25) is 4.79 Å². The van der Waals surface area contributed by atoms with Gasteiger partial charge in [0.05, 0.1) is 28.4 Å². The molecule has 7 nitrogen and oxygen atoms in total. The standard InChI is InChI=1S/C15H19NO3.C9H12O3S/c1-10(2)9-13(17)16-15(7-8-15)12-5-3-11(4-6-12)14(18)19;1-2-13(11,12)9-5-3-4-8(6-9)7-10/h3-6,10H,7-9H2,1-2H3,(H,16,17)(H,18,19);3-6,10H,2,7H2,1H3. The molecule has 0 atom stereocenters. The van der Waals surface area contributed by atoms with E-state index < -0.39 is 15.8 Å². The van der Waals surface area contributed by atoms with Gasteiger partial charge >= 0.3 is 5.97 Å². The maximum atomic E-state index is 11.9. The molecule has 174 valence electrons. The van der Waals surface area contributed by atoms with Gasteiger partial charge in [-0.1, -0.05) is 45.0 Å². The molecule has 1 amide bonds. The second kappa shape index (κ2) is 10.7. The molecule has 1 saturated carbocycles. The van der Waals surface area contributed by atoms with Crippen LogP contribution in [0.15, 0.2) is 53.4 Å². The lowest BCUT2D eigenvalue weighted by molar-refractivity contribution is -0.122. The predicted molar refractivity (Wildman–Crippen MR) is 122 cm³/mol. The van der Waals surface area contributed by atoms with Crippen LogP contribution in [0.4, 0.5) is 0 Å². The Hall–Kier alpha value is -2.71. The Bertz CT molecular complexity index is 1040. The highest BCUT2D eigenvalue weighted by molar-refractivity contribution is 7.91. The number of carbonyl (C=O) groups is 2. The van der Waals surface area contributed by atoms with Crippen LogP contribution in [0.1, 0.15) is 61.5 Å². The summed E-state index contributed by atoms with van der Waals surface area (Å²) < 4.78 is 22.8. The third-order valence-corrected chi connectivity index (χ3v) is 6.96. The SMILES string of the molecule is CC(C)CC(=O)NC1(c2ccc(C(=O)O)cc2)CC1.CCS(=O)(=O)c1cccc(CO)c1. The minimum absolute atomic E-state index is 0.0646. The molecule has 2 aromatic rings. The Labute approximate surface area is 189 Å². The van der Waals surface area contributed by atoms with Crippen LogP contribution in [0.25, 0.3) is 0 Å². The first-order chi connectivity index (χ1) is 15.0. The van der Waals surface area contributed by atoms with Gasteiger partial charge in [-0.25, -0.2) is 13.2 Å². The zero-order chi connectivity index (χ0) is 23.9. The summed E-state index contributed by atoms with van der Waals surface area (Å²) in [4.78, 5) is 22.9. The molecular weight excluding hydrogens is 430 g/mol. The van der Waals surface area contributed by atoms with Gasteiger partial charge in [0, 0.05) is 6.42 Å². The van der Waals surface area contributed by atoms with Crippen molar-refractivity contribution < 1.29 is 28.2 Å². The third kappa shape index (κ3) is 6.90. The average Bonchev–Trinajstić information content (AvgIpc) is 3.54. The van der Waals surface area contributed by atoms with Crippen LogP contribution >= 0.6 is 0 Å². The summed E-state index contributed by atoms with van der Waals surface area (Å²) in [5.41, 5.74) is 1.63. The van der Waals surface area contributed by atoms with E-state index in [1.54, 1.807) is 43.3 Å². The molecule has 0 heterocycles. The van der Waals surface area contributed by atoms with E-state index in [-0.39, 0.29) is 34.3 Å². The number of carboxylic acids is 1. The number of rotatable bonds is 8. The molecule has 0 spiro atoms. The molecule has 0 aromatic heterocycles. The number of carbonyl (C=O) groups excluding carboxylic acids is 1. The van der Waals surface area contributed by atoms with Gasteiger partial charge in [-0.2, -0.15) is 0 Å². The van der Waals surface area contributed by atoms with E-state index in [2.05, 4.69) is 5.32 Å². The normalized spacial score (nSPS) is 14.3. The number of carboxylic acid groups (broad SMARTS) is 1. The van der Waals surface area contributed by atoms with Crippen LogP contribution in [0, 0.1) is 5.92 Å². The third-order valence-electron chi connectivity index (χ3n) is 5.23. The number of aromatic carboxylic acids is 1. The lowest BCUT2D eigenvalue weighted by Crippen LogP contribution is -2.35. The lowest BCUT2D eigenvalue weighted by Gasteiger charge is -2.19. The lowest BCUT2D eigenvalue weighted by atomic mass is 10.0. The van der Waals surface area contributed by atoms with Crippen molar-refractivity contribution in [1.82, 2.24) is 5.32 Å². The van der Waals surface area contributed by atoms with Crippen LogP contribution in [-0.4, -0.2) is 36.3 Å². The van der Waals surface area contributed by atoms with Gasteiger partial charge in [-0.05, 0) is 54.2 Å². The highest BCUT2D eigenvalue weighted by atomic mass is 32.2. The molecule has 0 aliphatic heterocycles. The van der Waals surface area contributed by atoms with Crippen molar-refractivity contribution in [2.75, 3.05) is 5.75 Å². The summed E-state index contributed by atoms with van der Waals surface area (Å²) in [6.07, 6.45) is 2.36. The fourth-order valence-electron chi connectivity index (χ4n) is 3.24. The molecule has 2 aromatic carbocycles. The summed E-state index contributed by atoms with van der Waals surface area (Å²) in [6, 6.07) is 13.1. The van der Waals surface area contributed by atoms with Crippen LogP contribution in [-0.2, 0) is 26.8 Å². The quantitative estimate of drug-likeness (QED) is 0.553. The number of hydrogen-bond acceptors (Lipinski definition) is 5. The Kier molecular flexibility index (Phi) is 8.58. The molecule has 1 aliphatic carbocycles. The minimum Gasteiger partial charge on any atom is -0.478 e. The Balaban J connectivity index is 0.000000244. The predicted octanol–water partition coefficient (Wildman–Crippen LogP) is 3.51. The maximum Gasteiger partial charge on any atom is 0.335 e. The zero-order valence-electron chi connectivity index (χ0n) is 18.7. The van der Waals surface area contributed by atoms with Crippen molar-refractivity contribution in [1.29, 1.82) is 0 Å². The summed E-state index contributed by atoms with van der Waals surface area (Å²) in [6.45, 7) is 5.50. The molecule has 32 heavy (non-hydrogen) atoms. The Morgan fingerprint density at radius 2 is 1.72 bits per heavy atom. The average molecular weight is 462 g/mol. The summed E-state index contributed by atoms with van der Waals surface area (Å²) in [5.74, 6) is -0.442. The van der Waals surface area contributed by atoms with Crippen molar-refractivity contribution in [2.24, 2.45) is 5.92 Å². The van der Waals surface area contributed by atoms with Gasteiger partial charge in [0.1, 0.15) is 0 Å². The first kappa shape index (κ1) is 25.5. The molecule has 0 unspecified atom stereocenters. The second-order valence-electron chi connectivity index (χ2n) is 8.32. The van der Waals surface area contributed by atoms with Gasteiger partial charge < -0.3 is 15.5 Å². The topological polar surface area (TPSA) is 121 Å². The summed E-state index contributed by atoms with van der Waals surface area (Å²) >= 11 is 0. The molecule has 0 radical (unpaired) electrons. The van der Waals surface area contributed by atoms with Gasteiger partial charge in [0.25, 0.3) is 0 Å². The largest absolute Gasteiger partial charge is 0.478 e. The fraction of sp³-hybridized carbons (Fsp3) is 0.417. The minimum atomic E-state index is -3.14. The fourth-order valence-corrected chi connectivity index (χ4v) is 4.19. The molecule has 1 fully saturated rings. The van der Waals surface area contributed by atoms with E-state index in [0.29, 0.717) is 17.9 Å². The van der Waals surface area contributed by atoms with Crippen LogP contribution < -0.4 is 5.32 Å². The molecule has 0 bridgehead atoms. The number of aliphatic hydroxyl groups is 1. The highest BCUT2D eigenvalue weighted by Crippen LogP contribution is 2.45. The summed E-state index contributed by atoms with van der Waals surface area (Å²) in [5, 5.41) is 20.8. The maximum absolute atomic E-state index is 11.9. The van der Waals surface area contributed by atoms with E-state index in [0.717, 1.165) is 18.4 Å². The van der Waals surface area contributed by atoms with Gasteiger partial charge in [0.2, 0.25) is 5.91 Å². The molecule has 1 aliphatic rings. The number of hydrogen-bond donors (Lipinski definition) is 3. The number of sulfone groups is 1. The van der Waals surface area contributed by atoms with Gasteiger partial charge in [0.15, 0.2) is 9.84 Å². The number of nitrogens with one attached hydrogen (secondary N) is 1. The van der Waals surface area contributed by atoms with Crippen molar-refractivity contribution >= 4 is 21.7 Å². The van der Waals surface area contributed by atoms with Crippen molar-refractivity contribution in [2.45, 2.75) is 57.1 Å². The van der Waals surface area contributed by atoms with E-state index in [1.807, 2.05) is 13.8 Å². The van der Waals surface area contributed by atoms with E-state index >= 15 is 0 Å². The van der Waals surface area contributed by atoms with Crippen LogP contribution in [0.2, 0.25) is 0 Å². The molecule has 3 N–H and O–H groups in total. The summed E-state index contributed by atoms with van der Waals surface area (Å²) in [7, 11) is -3.14. The molecular formula is C24H31NO6S. The van der Waals surface area contributed by atoms with Crippen LogP contribution in [0.3, 0.4) is 0 Å². The number of amides is 1. The smallest absolute Gasteiger partial charge is 0.335 e. The molecule has 3 rings (SSSR count). The van der Waals surface area contributed by atoms with Crippen molar-refractivity contribution in [3.63, 3.8) is 0 Å². The van der Waals surface area contributed by atoms with Crippen LogP contribution in [0.5, 0.6) is 0 Å². The van der Waals surface area contributed by atoms with E-state index in [1.165, 1.54) is 12.1 Å². The van der Waals surface area contributed by atoms with Crippen molar-refractivity contribution in [3.8, 4) is 0 Å². The zero-order valence-corrected chi connectivity index (χ0v) is 19.5. The molecule has 0 saturated heterocycles. The second-order valence-corrected chi connectivity index (χ2v) is 10.6. The first-order valence-corrected chi connectivity index (χ1v) is 12.3. The van der Waals surface area contributed by atoms with Gasteiger partial charge in [-0.15, -0.1) is 0 Å². The molecule has 8 heteroatoms. The number of aliphatic hydroxyl groups excluding tert-OH is 1. The van der Waals surface area contributed by atoms with Crippen molar-refractivity contribution in [3.05, 3.63) is 65.2 Å². The highest BCUT2D eigenvalue weighted by Gasteiger charge is 2.45. The van der Waals surface area contributed by atoms with E-state index in [9.17, 15) is 18.0 Å². The Morgan fingerprint density at radius 3 is 2.19 bits per heavy atom. The monoisotopic (exact) mass is 461 g/mol.